The summed E-state index contributed by atoms with van der Waals surface area (Å²) < 4.78 is 73.3. The van der Waals surface area contributed by atoms with Crippen molar-refractivity contribution in [2.24, 2.45) is 5.41 Å². The van der Waals surface area contributed by atoms with Crippen molar-refractivity contribution >= 4 is 14.3 Å². The van der Waals surface area contributed by atoms with Crippen molar-refractivity contribution < 1.29 is 41.3 Å². The van der Waals surface area contributed by atoms with Crippen LogP contribution in [0.5, 0.6) is 0 Å². The van der Waals surface area contributed by atoms with Gasteiger partial charge in [0, 0.05) is 68.7 Å². The van der Waals surface area contributed by atoms with Gasteiger partial charge >= 0.3 is 12.1 Å². The second-order valence-electron chi connectivity index (χ2n) is 16.2. The summed E-state index contributed by atoms with van der Waals surface area (Å²) in [4.78, 5) is 18.2. The van der Waals surface area contributed by atoms with Crippen LogP contribution in [-0.4, -0.2) is 45.7 Å². The van der Waals surface area contributed by atoms with Gasteiger partial charge in [0.05, 0.1) is 28.7 Å². The maximum atomic E-state index is 13.7. The zero-order valence-corrected chi connectivity index (χ0v) is 30.5. The molecule has 11 heteroatoms. The van der Waals surface area contributed by atoms with Crippen LogP contribution in [0.3, 0.4) is 0 Å². The van der Waals surface area contributed by atoms with E-state index in [0.717, 1.165) is 47.4 Å². The summed E-state index contributed by atoms with van der Waals surface area (Å²) in [6.07, 6.45) is -2.78. The average molecular weight is 690 g/mol. The molecule has 1 aromatic carbocycles. The molecule has 0 amide bonds. The summed E-state index contributed by atoms with van der Waals surface area (Å²) in [5, 5.41) is -0.0711. The Kier molecular flexibility index (Phi) is 9.23. The van der Waals surface area contributed by atoms with Crippen LogP contribution < -0.4 is 0 Å². The minimum Gasteiger partial charge on any atom is -0.455 e. The van der Waals surface area contributed by atoms with Gasteiger partial charge in [-0.25, -0.2) is 0 Å². The van der Waals surface area contributed by atoms with Crippen molar-refractivity contribution in [1.82, 2.24) is 4.98 Å². The van der Waals surface area contributed by atoms with Crippen molar-refractivity contribution in [3.05, 3.63) is 63.5 Å². The number of halogens is 3. The summed E-state index contributed by atoms with van der Waals surface area (Å²) in [6, 6.07) is 5.35. The highest BCUT2D eigenvalue weighted by Gasteiger charge is 2.56. The summed E-state index contributed by atoms with van der Waals surface area (Å²) in [5.41, 5.74) is 3.12. The first-order valence-corrected chi connectivity index (χ1v) is 20.2. The molecular formula is C37H50F3NO6Si. The van der Waals surface area contributed by atoms with E-state index in [4.69, 9.17) is 28.4 Å². The van der Waals surface area contributed by atoms with Crippen LogP contribution in [0.15, 0.2) is 24.3 Å². The smallest absolute Gasteiger partial charge is 0.416 e. The van der Waals surface area contributed by atoms with Gasteiger partial charge in [-0.3, -0.25) is 9.78 Å². The maximum absolute atomic E-state index is 13.7. The molecule has 2 fully saturated rings. The number of aromatic nitrogens is 1. The van der Waals surface area contributed by atoms with Crippen LogP contribution in [0, 0.1) is 5.41 Å². The zero-order chi connectivity index (χ0) is 34.9. The van der Waals surface area contributed by atoms with Crippen LogP contribution in [0.25, 0.3) is 0 Å². The Morgan fingerprint density at radius 3 is 2.10 bits per heavy atom. The molecule has 3 aliphatic heterocycles. The van der Waals surface area contributed by atoms with Crippen LogP contribution >= 0.6 is 0 Å². The molecule has 7 nitrogen and oxygen atoms in total. The lowest BCUT2D eigenvalue weighted by Crippen LogP contribution is -2.46. The van der Waals surface area contributed by atoms with Crippen molar-refractivity contribution in [3.63, 3.8) is 0 Å². The van der Waals surface area contributed by atoms with Gasteiger partial charge in [0.2, 0.25) is 0 Å². The van der Waals surface area contributed by atoms with Crippen LogP contribution in [0.4, 0.5) is 13.2 Å². The van der Waals surface area contributed by atoms with E-state index >= 15 is 0 Å². The molecule has 48 heavy (non-hydrogen) atoms. The first-order valence-electron chi connectivity index (χ1n) is 17.3. The summed E-state index contributed by atoms with van der Waals surface area (Å²) in [6.45, 7) is 18.9. The van der Waals surface area contributed by atoms with Crippen molar-refractivity contribution in [3.8, 4) is 0 Å². The Morgan fingerprint density at radius 2 is 1.54 bits per heavy atom. The van der Waals surface area contributed by atoms with E-state index in [1.165, 1.54) is 19.1 Å². The first-order chi connectivity index (χ1) is 22.3. The van der Waals surface area contributed by atoms with Crippen LogP contribution in [0.1, 0.15) is 137 Å². The van der Waals surface area contributed by atoms with Gasteiger partial charge in [0.25, 0.3) is 0 Å². The Labute approximate surface area is 283 Å². The number of rotatable bonds is 5. The number of hydrogen-bond acceptors (Lipinski definition) is 7. The maximum Gasteiger partial charge on any atom is 0.416 e. The number of hydrogen-bond donors (Lipinski definition) is 0. The average Bonchev–Trinajstić information content (AvgIpc) is 3.32. The molecule has 0 bridgehead atoms. The molecule has 4 heterocycles. The third-order valence-corrected chi connectivity index (χ3v) is 15.8. The van der Waals surface area contributed by atoms with Crippen molar-refractivity contribution in [2.75, 3.05) is 26.4 Å². The van der Waals surface area contributed by atoms with Crippen molar-refractivity contribution in [2.45, 2.75) is 128 Å². The van der Waals surface area contributed by atoms with E-state index in [9.17, 15) is 18.0 Å². The molecule has 3 atom stereocenters. The Hall–Kier alpha value is -2.31. The number of carbonyl (C=O) groups is 1. The monoisotopic (exact) mass is 689 g/mol. The molecule has 1 spiro atoms. The number of nitrogens with zero attached hydrogens (tertiary/aromatic N) is 1. The molecule has 0 N–H and O–H groups in total. The largest absolute Gasteiger partial charge is 0.455 e. The van der Waals surface area contributed by atoms with Gasteiger partial charge in [-0.2, -0.15) is 13.2 Å². The number of alkyl halides is 3. The van der Waals surface area contributed by atoms with E-state index in [0.29, 0.717) is 56.9 Å². The van der Waals surface area contributed by atoms with Gasteiger partial charge in [0.15, 0.2) is 8.32 Å². The lowest BCUT2D eigenvalue weighted by atomic mass is 9.68. The normalized spacial score (nSPS) is 25.9. The number of pyridine rings is 1. The topological polar surface area (TPSA) is 76.1 Å². The Morgan fingerprint density at radius 1 is 0.938 bits per heavy atom. The molecule has 6 rings (SSSR count). The number of ether oxygens (including phenoxy) is 4. The molecule has 1 aliphatic carbocycles. The summed E-state index contributed by atoms with van der Waals surface area (Å²) in [7, 11) is -2.35. The molecular weight excluding hydrogens is 639 g/mol. The van der Waals surface area contributed by atoms with E-state index in [1.807, 2.05) is 0 Å². The van der Waals surface area contributed by atoms with E-state index in [1.54, 1.807) is 0 Å². The number of fused-ring (bicyclic) bond motifs is 4. The van der Waals surface area contributed by atoms with Crippen LogP contribution in [-0.2, 0) is 39.9 Å². The third-order valence-electron chi connectivity index (χ3n) is 11.4. The fraction of sp³-hybridized carbons (Fsp3) is 0.676. The fourth-order valence-electron chi connectivity index (χ4n) is 7.78. The molecule has 0 unspecified atom stereocenters. The molecule has 0 saturated carbocycles. The predicted molar refractivity (Wildman–Crippen MR) is 177 cm³/mol. The Bertz CT molecular complexity index is 1520. The molecule has 0 radical (unpaired) electrons. The van der Waals surface area contributed by atoms with Crippen molar-refractivity contribution in [1.29, 1.82) is 0 Å². The molecule has 4 aliphatic rings. The SMILES string of the molecule is CC(=O)O[C@H]1c2nc(C3CCOCC3)c3c(c2[C@@H](O[Si](C)(C)C(C)(C)C)CC1(C)C)C1(CCOCC1)O[C@H]3c1ccc(C(F)(F)F)cc1. The summed E-state index contributed by atoms with van der Waals surface area (Å²) >= 11 is 0. The zero-order valence-electron chi connectivity index (χ0n) is 29.5. The number of benzene rings is 1. The predicted octanol–water partition coefficient (Wildman–Crippen LogP) is 9.22. The highest BCUT2D eigenvalue weighted by Crippen LogP contribution is 2.61. The van der Waals surface area contributed by atoms with Gasteiger partial charge in [-0.05, 0) is 60.7 Å². The summed E-state index contributed by atoms with van der Waals surface area (Å²) in [5.74, 6) is -0.339. The second kappa shape index (κ2) is 12.5. The molecule has 2 aromatic rings. The number of esters is 1. The molecule has 1 aromatic heterocycles. The first kappa shape index (κ1) is 35.5. The highest BCUT2D eigenvalue weighted by molar-refractivity contribution is 6.74. The minimum absolute atomic E-state index is 0.0381. The van der Waals surface area contributed by atoms with E-state index < -0.39 is 43.3 Å². The quantitative estimate of drug-likeness (QED) is 0.229. The van der Waals surface area contributed by atoms with E-state index in [2.05, 4.69) is 47.7 Å². The van der Waals surface area contributed by atoms with Gasteiger partial charge in [0.1, 0.15) is 12.2 Å². The fourth-order valence-corrected chi connectivity index (χ4v) is 9.05. The Balaban J connectivity index is 1.66. The third kappa shape index (κ3) is 6.38. The molecule has 2 saturated heterocycles. The van der Waals surface area contributed by atoms with Crippen LogP contribution in [0.2, 0.25) is 18.1 Å². The van der Waals surface area contributed by atoms with E-state index in [-0.39, 0.29) is 23.0 Å². The molecule has 264 valence electrons. The van der Waals surface area contributed by atoms with Gasteiger partial charge in [-0.1, -0.05) is 46.8 Å². The van der Waals surface area contributed by atoms with Gasteiger partial charge in [-0.15, -0.1) is 0 Å². The standard InChI is InChI=1S/C37H50F3NO6Si/c1-22(42)45-33-31-27(26(21-35(33,5)6)47-48(7,8)34(2,3)4)29-28(30(41-31)23-13-17-43-18-14-23)32(46-36(29)15-19-44-20-16-36)24-9-11-25(12-10-24)37(38,39)40/h9-12,23,26,32-33H,13-21H2,1-8H3/t26-,32-,33-/m0/s1. The van der Waals surface area contributed by atoms with Gasteiger partial charge < -0.3 is 23.4 Å². The lowest BCUT2D eigenvalue weighted by molar-refractivity contribution is -0.156. The minimum atomic E-state index is -4.45. The lowest BCUT2D eigenvalue weighted by Gasteiger charge is -2.48. The second-order valence-corrected chi connectivity index (χ2v) is 21.0. The number of carbonyl (C=O) groups excluding carboxylic acids is 1. The highest BCUT2D eigenvalue weighted by atomic mass is 28.4.